The molecule has 1 saturated heterocycles. The molecule has 10 heteroatoms. The van der Waals surface area contributed by atoms with Crippen molar-refractivity contribution in [1.29, 1.82) is 0 Å². The number of rotatable bonds is 5. The number of carbonyl (C=O) groups excluding carboxylic acids is 1. The molecule has 0 aliphatic carbocycles. The van der Waals surface area contributed by atoms with Gasteiger partial charge in [0.1, 0.15) is 9.90 Å². The standard InChI is InChI=1S/C24H23N5O3S2/c1-17-26-16-22(33-17)28-12-14-29(15-13-28)24(30)19-7-9-20(10-8-19)27-34(31,32)21-6-2-4-18-5-3-11-25-23(18)21/h2-11,16,27H,12-15H2,1H3. The van der Waals surface area contributed by atoms with Gasteiger partial charge in [0.15, 0.2) is 0 Å². The van der Waals surface area contributed by atoms with E-state index in [0.29, 0.717) is 29.9 Å². The van der Waals surface area contributed by atoms with E-state index in [-0.39, 0.29) is 10.8 Å². The summed E-state index contributed by atoms with van der Waals surface area (Å²) in [6, 6.07) is 15.2. The Bertz CT molecular complexity index is 1440. The van der Waals surface area contributed by atoms with Crippen molar-refractivity contribution in [2.24, 2.45) is 0 Å². The van der Waals surface area contributed by atoms with Gasteiger partial charge in [-0.2, -0.15) is 0 Å². The zero-order valence-corrected chi connectivity index (χ0v) is 20.1. The quantitative estimate of drug-likeness (QED) is 0.455. The molecule has 2 aromatic heterocycles. The lowest BCUT2D eigenvalue weighted by Crippen LogP contribution is -2.48. The molecule has 174 valence electrons. The van der Waals surface area contributed by atoms with Gasteiger partial charge >= 0.3 is 0 Å². The van der Waals surface area contributed by atoms with Crippen LogP contribution in [0.25, 0.3) is 10.9 Å². The van der Waals surface area contributed by atoms with Crippen LogP contribution in [0.2, 0.25) is 0 Å². The topological polar surface area (TPSA) is 95.5 Å². The number of fused-ring (bicyclic) bond motifs is 1. The molecule has 4 aromatic rings. The molecule has 0 bridgehead atoms. The van der Waals surface area contributed by atoms with Crippen molar-refractivity contribution in [3.05, 3.63) is 77.6 Å². The summed E-state index contributed by atoms with van der Waals surface area (Å²) in [4.78, 5) is 25.7. The molecule has 8 nitrogen and oxygen atoms in total. The number of nitrogens with zero attached hydrogens (tertiary/aromatic N) is 4. The summed E-state index contributed by atoms with van der Waals surface area (Å²) in [6.45, 7) is 4.74. The van der Waals surface area contributed by atoms with Crippen LogP contribution in [0.15, 0.2) is 71.9 Å². The monoisotopic (exact) mass is 493 g/mol. The Balaban J connectivity index is 1.26. The van der Waals surface area contributed by atoms with E-state index in [2.05, 4.69) is 19.6 Å². The summed E-state index contributed by atoms with van der Waals surface area (Å²) in [5, 5.41) is 2.90. The lowest BCUT2D eigenvalue weighted by molar-refractivity contribution is 0.0747. The summed E-state index contributed by atoms with van der Waals surface area (Å²) in [5.74, 6) is -0.0622. The third kappa shape index (κ3) is 4.46. The lowest BCUT2D eigenvalue weighted by atomic mass is 10.1. The van der Waals surface area contributed by atoms with E-state index in [9.17, 15) is 13.2 Å². The number of thiazole rings is 1. The van der Waals surface area contributed by atoms with Gasteiger partial charge < -0.3 is 9.80 Å². The first-order valence-electron chi connectivity index (χ1n) is 10.8. The fourth-order valence-corrected chi connectivity index (χ4v) is 6.06. The molecular weight excluding hydrogens is 470 g/mol. The fourth-order valence-electron chi connectivity index (χ4n) is 3.99. The second-order valence-electron chi connectivity index (χ2n) is 8.01. The Kier molecular flexibility index (Phi) is 5.93. The zero-order chi connectivity index (χ0) is 23.7. The van der Waals surface area contributed by atoms with E-state index < -0.39 is 10.0 Å². The molecule has 2 aromatic carbocycles. The van der Waals surface area contributed by atoms with Crippen LogP contribution >= 0.6 is 11.3 Å². The SMILES string of the molecule is Cc1ncc(N2CCN(C(=O)c3ccc(NS(=O)(=O)c4cccc5cccnc45)cc3)CC2)s1. The van der Waals surface area contributed by atoms with Gasteiger partial charge in [-0.05, 0) is 43.3 Å². The molecule has 1 aliphatic heterocycles. The molecule has 0 atom stereocenters. The molecule has 0 radical (unpaired) electrons. The Labute approximate surface area is 201 Å². The second kappa shape index (κ2) is 9.03. The first kappa shape index (κ1) is 22.3. The smallest absolute Gasteiger partial charge is 0.264 e. The van der Waals surface area contributed by atoms with E-state index in [1.54, 1.807) is 53.9 Å². The maximum Gasteiger partial charge on any atom is 0.264 e. The zero-order valence-electron chi connectivity index (χ0n) is 18.5. The van der Waals surface area contributed by atoms with Crippen molar-refractivity contribution in [1.82, 2.24) is 14.9 Å². The van der Waals surface area contributed by atoms with Crippen LogP contribution in [0, 0.1) is 6.92 Å². The summed E-state index contributed by atoms with van der Waals surface area (Å²) >= 11 is 1.66. The van der Waals surface area contributed by atoms with Crippen LogP contribution in [0.1, 0.15) is 15.4 Å². The molecule has 1 N–H and O–H groups in total. The van der Waals surface area contributed by atoms with E-state index >= 15 is 0 Å². The number of anilines is 2. The molecule has 0 spiro atoms. The van der Waals surface area contributed by atoms with Gasteiger partial charge in [0.05, 0.1) is 16.7 Å². The van der Waals surface area contributed by atoms with Crippen molar-refractivity contribution in [2.45, 2.75) is 11.8 Å². The Morgan fingerprint density at radius 1 is 0.971 bits per heavy atom. The summed E-state index contributed by atoms with van der Waals surface area (Å²) < 4.78 is 28.6. The minimum atomic E-state index is -3.84. The Hall–Kier alpha value is -3.50. The van der Waals surface area contributed by atoms with Crippen LogP contribution in [0.3, 0.4) is 0 Å². The number of benzene rings is 2. The van der Waals surface area contributed by atoms with E-state index in [4.69, 9.17) is 0 Å². The van der Waals surface area contributed by atoms with Crippen LogP contribution in [0.4, 0.5) is 10.7 Å². The maximum atomic E-state index is 13.0. The maximum absolute atomic E-state index is 13.0. The third-order valence-corrected chi connectivity index (χ3v) is 8.14. The first-order valence-corrected chi connectivity index (χ1v) is 13.1. The highest BCUT2D eigenvalue weighted by Gasteiger charge is 2.24. The van der Waals surface area contributed by atoms with E-state index in [1.807, 2.05) is 30.2 Å². The number of aryl methyl sites for hydroxylation is 1. The number of piperazine rings is 1. The van der Waals surface area contributed by atoms with Gasteiger partial charge in [0.25, 0.3) is 15.9 Å². The molecule has 3 heterocycles. The highest BCUT2D eigenvalue weighted by molar-refractivity contribution is 7.93. The number of sulfonamides is 1. The van der Waals surface area contributed by atoms with Crippen molar-refractivity contribution >= 4 is 48.9 Å². The van der Waals surface area contributed by atoms with Crippen LogP contribution in [0.5, 0.6) is 0 Å². The van der Waals surface area contributed by atoms with Gasteiger partial charge in [-0.3, -0.25) is 14.5 Å². The average Bonchev–Trinajstić information content (AvgIpc) is 3.30. The van der Waals surface area contributed by atoms with Gasteiger partial charge in [-0.1, -0.05) is 18.2 Å². The largest absolute Gasteiger partial charge is 0.359 e. The number of hydrogen-bond donors (Lipinski definition) is 1. The Morgan fingerprint density at radius 2 is 1.71 bits per heavy atom. The molecule has 1 aliphatic rings. The molecule has 0 saturated carbocycles. The summed E-state index contributed by atoms with van der Waals surface area (Å²) in [5.41, 5.74) is 1.32. The number of pyridine rings is 1. The number of amides is 1. The molecule has 34 heavy (non-hydrogen) atoms. The number of hydrogen-bond acceptors (Lipinski definition) is 7. The molecule has 5 rings (SSSR count). The first-order chi connectivity index (χ1) is 16.4. The molecular formula is C24H23N5O3S2. The second-order valence-corrected chi connectivity index (χ2v) is 10.9. The minimum absolute atomic E-state index is 0.0622. The van der Waals surface area contributed by atoms with Crippen molar-refractivity contribution in [3.8, 4) is 0 Å². The van der Waals surface area contributed by atoms with E-state index in [1.165, 1.54) is 6.07 Å². The third-order valence-electron chi connectivity index (χ3n) is 5.76. The lowest BCUT2D eigenvalue weighted by Gasteiger charge is -2.35. The van der Waals surface area contributed by atoms with Gasteiger partial charge in [0.2, 0.25) is 0 Å². The predicted molar refractivity (Wildman–Crippen MR) is 134 cm³/mol. The minimum Gasteiger partial charge on any atom is -0.359 e. The number of para-hydroxylation sites is 1. The van der Waals surface area contributed by atoms with Crippen LogP contribution < -0.4 is 9.62 Å². The van der Waals surface area contributed by atoms with E-state index in [0.717, 1.165) is 28.5 Å². The van der Waals surface area contributed by atoms with Gasteiger partial charge in [0, 0.05) is 49.0 Å². The normalized spacial score (nSPS) is 14.4. The molecule has 0 unspecified atom stereocenters. The van der Waals surface area contributed by atoms with Gasteiger partial charge in [-0.15, -0.1) is 11.3 Å². The number of nitrogens with one attached hydrogen (secondary N) is 1. The van der Waals surface area contributed by atoms with Crippen molar-refractivity contribution in [2.75, 3.05) is 35.8 Å². The predicted octanol–water partition coefficient (Wildman–Crippen LogP) is 3.76. The van der Waals surface area contributed by atoms with Crippen LogP contribution in [-0.2, 0) is 10.0 Å². The van der Waals surface area contributed by atoms with Gasteiger partial charge in [-0.25, -0.2) is 13.4 Å². The van der Waals surface area contributed by atoms with Crippen molar-refractivity contribution < 1.29 is 13.2 Å². The Morgan fingerprint density at radius 3 is 2.41 bits per heavy atom. The fraction of sp³-hybridized carbons (Fsp3) is 0.208. The van der Waals surface area contributed by atoms with Crippen molar-refractivity contribution in [3.63, 3.8) is 0 Å². The summed E-state index contributed by atoms with van der Waals surface area (Å²) in [6.07, 6.45) is 3.45. The van der Waals surface area contributed by atoms with Crippen LogP contribution in [-0.4, -0.2) is 55.4 Å². The molecule has 1 fully saturated rings. The average molecular weight is 494 g/mol. The number of carbonyl (C=O) groups is 1. The molecule has 1 amide bonds. The highest BCUT2D eigenvalue weighted by atomic mass is 32.2. The summed E-state index contributed by atoms with van der Waals surface area (Å²) in [7, 11) is -3.84. The number of aromatic nitrogens is 2. The highest BCUT2D eigenvalue weighted by Crippen LogP contribution is 2.25.